The summed E-state index contributed by atoms with van der Waals surface area (Å²) in [4.78, 5) is 11.0. The fourth-order valence-electron chi connectivity index (χ4n) is 2.48. The molecule has 0 aliphatic carbocycles. The van der Waals surface area contributed by atoms with E-state index in [1.165, 1.54) is 0 Å². The van der Waals surface area contributed by atoms with Crippen molar-refractivity contribution in [3.63, 3.8) is 0 Å². The molecule has 25 heavy (non-hydrogen) atoms. The lowest BCUT2D eigenvalue weighted by molar-refractivity contribution is 0.0697. The molecule has 3 aromatic rings. The topological polar surface area (TPSA) is 62.5 Å². The molecule has 0 radical (unpaired) electrons. The largest absolute Gasteiger partial charge is 0.478 e. The smallest absolute Gasteiger partial charge is 0.335 e. The Morgan fingerprint density at radius 1 is 1.12 bits per heavy atom. The lowest BCUT2D eigenvalue weighted by Gasteiger charge is -2.09. The number of rotatable bonds is 5. The lowest BCUT2D eigenvalue weighted by Crippen LogP contribution is -2.02. The van der Waals surface area contributed by atoms with Crippen LogP contribution in [0.1, 0.15) is 21.7 Å². The Morgan fingerprint density at radius 3 is 2.64 bits per heavy atom. The number of carboxylic acids is 1. The highest BCUT2D eigenvalue weighted by molar-refractivity contribution is 6.35. The van der Waals surface area contributed by atoms with Gasteiger partial charge in [0, 0.05) is 16.3 Å². The van der Waals surface area contributed by atoms with Crippen molar-refractivity contribution >= 4 is 34.9 Å². The number of carbonyl (C=O) groups is 1. The maximum absolute atomic E-state index is 11.0. The molecule has 0 unspecified atom stereocenters. The van der Waals surface area contributed by atoms with E-state index in [1.54, 1.807) is 36.4 Å². The SMILES string of the molecule is Cc1cc(C(=O)O)ccc1NCc1ccc(-c2cc(Cl)ccc2Cl)o1. The molecule has 1 heterocycles. The van der Waals surface area contributed by atoms with Crippen LogP contribution in [0.2, 0.25) is 10.0 Å². The Labute approximate surface area is 155 Å². The van der Waals surface area contributed by atoms with Crippen molar-refractivity contribution in [1.82, 2.24) is 0 Å². The average Bonchev–Trinajstić information content (AvgIpc) is 3.04. The number of nitrogens with one attached hydrogen (secondary N) is 1. The van der Waals surface area contributed by atoms with Gasteiger partial charge in [-0.25, -0.2) is 4.79 Å². The Bertz CT molecular complexity index is 934. The molecule has 0 spiro atoms. The van der Waals surface area contributed by atoms with Crippen molar-refractivity contribution in [2.24, 2.45) is 0 Å². The summed E-state index contributed by atoms with van der Waals surface area (Å²) < 4.78 is 5.83. The molecule has 6 heteroatoms. The van der Waals surface area contributed by atoms with Crippen LogP contribution >= 0.6 is 23.2 Å². The van der Waals surface area contributed by atoms with Crippen LogP contribution < -0.4 is 5.32 Å². The number of hydrogen-bond donors (Lipinski definition) is 2. The van der Waals surface area contributed by atoms with E-state index < -0.39 is 5.97 Å². The van der Waals surface area contributed by atoms with E-state index >= 15 is 0 Å². The van der Waals surface area contributed by atoms with Gasteiger partial charge in [-0.05, 0) is 61.0 Å². The second kappa shape index (κ2) is 7.21. The van der Waals surface area contributed by atoms with Crippen molar-refractivity contribution in [2.75, 3.05) is 5.32 Å². The maximum Gasteiger partial charge on any atom is 0.335 e. The molecule has 0 saturated heterocycles. The first-order valence-corrected chi connectivity index (χ1v) is 8.31. The highest BCUT2D eigenvalue weighted by Crippen LogP contribution is 2.32. The zero-order valence-corrected chi connectivity index (χ0v) is 14.9. The van der Waals surface area contributed by atoms with Gasteiger partial charge >= 0.3 is 5.97 Å². The third-order valence-corrected chi connectivity index (χ3v) is 4.35. The molecule has 3 rings (SSSR count). The van der Waals surface area contributed by atoms with Gasteiger partial charge in [0.1, 0.15) is 11.5 Å². The van der Waals surface area contributed by atoms with Gasteiger partial charge in [-0.2, -0.15) is 0 Å². The average molecular weight is 376 g/mol. The highest BCUT2D eigenvalue weighted by Gasteiger charge is 2.10. The molecule has 128 valence electrons. The molecule has 0 amide bonds. The van der Waals surface area contributed by atoms with Crippen molar-refractivity contribution in [2.45, 2.75) is 13.5 Å². The van der Waals surface area contributed by atoms with Gasteiger partial charge in [-0.1, -0.05) is 23.2 Å². The van der Waals surface area contributed by atoms with E-state index in [2.05, 4.69) is 5.32 Å². The molecule has 0 atom stereocenters. The Balaban J connectivity index is 1.74. The number of furan rings is 1. The highest BCUT2D eigenvalue weighted by atomic mass is 35.5. The van der Waals surface area contributed by atoms with Gasteiger partial charge in [0.2, 0.25) is 0 Å². The van der Waals surface area contributed by atoms with Crippen molar-refractivity contribution in [1.29, 1.82) is 0 Å². The molecule has 2 N–H and O–H groups in total. The van der Waals surface area contributed by atoms with Crippen LogP contribution in [0.3, 0.4) is 0 Å². The standard InChI is InChI=1S/C19H15Cl2NO3/c1-11-8-12(19(23)24)2-6-17(11)22-10-14-4-7-18(25-14)15-9-13(20)3-5-16(15)21/h2-9,22H,10H2,1H3,(H,23,24). The fourth-order valence-corrected chi connectivity index (χ4v) is 2.86. The summed E-state index contributed by atoms with van der Waals surface area (Å²) in [6.45, 7) is 2.32. The number of aromatic carboxylic acids is 1. The summed E-state index contributed by atoms with van der Waals surface area (Å²) in [5, 5.41) is 13.4. The summed E-state index contributed by atoms with van der Waals surface area (Å²) >= 11 is 12.2. The van der Waals surface area contributed by atoms with Gasteiger partial charge in [-0.15, -0.1) is 0 Å². The third kappa shape index (κ3) is 3.98. The van der Waals surface area contributed by atoms with Crippen molar-refractivity contribution < 1.29 is 14.3 Å². The van der Waals surface area contributed by atoms with Crippen molar-refractivity contribution in [3.05, 3.63) is 75.5 Å². The zero-order valence-electron chi connectivity index (χ0n) is 13.3. The fraction of sp³-hybridized carbons (Fsp3) is 0.105. The summed E-state index contributed by atoms with van der Waals surface area (Å²) in [5.41, 5.74) is 2.70. The molecule has 0 saturated carbocycles. The monoisotopic (exact) mass is 375 g/mol. The van der Waals surface area contributed by atoms with Gasteiger partial charge in [0.15, 0.2) is 0 Å². The second-order valence-corrected chi connectivity index (χ2v) is 6.42. The summed E-state index contributed by atoms with van der Waals surface area (Å²) in [6.07, 6.45) is 0. The van der Waals surface area contributed by atoms with Crippen LogP contribution in [-0.2, 0) is 6.54 Å². The zero-order chi connectivity index (χ0) is 18.0. The number of halogens is 2. The molecule has 0 bridgehead atoms. The molecule has 0 aliphatic rings. The predicted octanol–water partition coefficient (Wildman–Crippen LogP) is 5.87. The molecular weight excluding hydrogens is 361 g/mol. The minimum absolute atomic E-state index is 0.263. The normalized spacial score (nSPS) is 10.7. The van der Waals surface area contributed by atoms with Crippen LogP contribution in [0.5, 0.6) is 0 Å². The Morgan fingerprint density at radius 2 is 1.92 bits per heavy atom. The number of benzene rings is 2. The minimum atomic E-state index is -0.941. The quantitative estimate of drug-likeness (QED) is 0.584. The van der Waals surface area contributed by atoms with Crippen LogP contribution in [0, 0.1) is 6.92 Å². The van der Waals surface area contributed by atoms with Crippen LogP contribution in [0.25, 0.3) is 11.3 Å². The predicted molar refractivity (Wildman–Crippen MR) is 99.6 cm³/mol. The summed E-state index contributed by atoms with van der Waals surface area (Å²) in [6, 6.07) is 13.9. The molecule has 0 aliphatic heterocycles. The van der Waals surface area contributed by atoms with E-state index in [0.29, 0.717) is 22.4 Å². The van der Waals surface area contributed by atoms with Gasteiger partial charge in [0.25, 0.3) is 0 Å². The van der Waals surface area contributed by atoms with Crippen LogP contribution in [0.15, 0.2) is 52.9 Å². The van der Waals surface area contributed by atoms with Crippen LogP contribution in [0.4, 0.5) is 5.69 Å². The number of aryl methyl sites for hydroxylation is 1. The van der Waals surface area contributed by atoms with Crippen molar-refractivity contribution in [3.8, 4) is 11.3 Å². The second-order valence-electron chi connectivity index (χ2n) is 5.58. The van der Waals surface area contributed by atoms with Gasteiger partial charge < -0.3 is 14.8 Å². The summed E-state index contributed by atoms with van der Waals surface area (Å²) in [5.74, 6) is 0.429. The van der Waals surface area contributed by atoms with E-state index in [4.69, 9.17) is 32.7 Å². The van der Waals surface area contributed by atoms with E-state index in [-0.39, 0.29) is 5.56 Å². The van der Waals surface area contributed by atoms with Crippen LogP contribution in [-0.4, -0.2) is 11.1 Å². The Kier molecular flexibility index (Phi) is 5.02. The molecule has 1 aromatic heterocycles. The maximum atomic E-state index is 11.0. The molecule has 0 fully saturated rings. The summed E-state index contributed by atoms with van der Waals surface area (Å²) in [7, 11) is 0. The minimum Gasteiger partial charge on any atom is -0.478 e. The van der Waals surface area contributed by atoms with E-state index in [0.717, 1.165) is 22.6 Å². The first kappa shape index (κ1) is 17.4. The first-order chi connectivity index (χ1) is 11.9. The van der Waals surface area contributed by atoms with E-state index in [9.17, 15) is 4.79 Å². The number of anilines is 1. The first-order valence-electron chi connectivity index (χ1n) is 7.56. The lowest BCUT2D eigenvalue weighted by atomic mass is 10.1. The van der Waals surface area contributed by atoms with Gasteiger partial charge in [-0.3, -0.25) is 0 Å². The number of hydrogen-bond acceptors (Lipinski definition) is 3. The third-order valence-electron chi connectivity index (χ3n) is 3.78. The molecule has 4 nitrogen and oxygen atoms in total. The van der Waals surface area contributed by atoms with E-state index in [1.807, 2.05) is 19.1 Å². The molecule has 2 aromatic carbocycles. The Hall–Kier alpha value is -2.43. The van der Waals surface area contributed by atoms with Gasteiger partial charge in [0.05, 0.1) is 17.1 Å². The molecular formula is C19H15Cl2NO3. The number of carboxylic acid groups (broad SMARTS) is 1.